The minimum Gasteiger partial charge on any atom is -0.350 e. The maximum absolute atomic E-state index is 5.94. The molecule has 1 aliphatic heterocycles. The van der Waals surface area contributed by atoms with E-state index >= 15 is 0 Å². The van der Waals surface area contributed by atoms with Gasteiger partial charge in [-0.2, -0.15) is 24.7 Å². The Bertz CT molecular complexity index is 1190. The molecule has 1 fully saturated rings. The first-order valence-electron chi connectivity index (χ1n) is 10.9. The van der Waals surface area contributed by atoms with Gasteiger partial charge in [-0.05, 0) is 23.6 Å². The number of benzene rings is 1. The molecular formula is C22H28N10. The molecule has 0 aliphatic carbocycles. The number of aromatic nitrogens is 6. The minimum atomic E-state index is 0.310. The van der Waals surface area contributed by atoms with Crippen LogP contribution in [0.5, 0.6) is 0 Å². The van der Waals surface area contributed by atoms with E-state index in [1.807, 2.05) is 40.3 Å². The summed E-state index contributed by atoms with van der Waals surface area (Å²) in [5, 5.41) is 14.3. The number of hydrogen-bond acceptors (Lipinski definition) is 8. The molecule has 10 nitrogen and oxygen atoms in total. The molecule has 3 N–H and O–H groups in total. The van der Waals surface area contributed by atoms with Crippen molar-refractivity contribution in [3.8, 4) is 5.69 Å². The van der Waals surface area contributed by atoms with E-state index in [0.717, 1.165) is 48.6 Å². The van der Waals surface area contributed by atoms with Gasteiger partial charge in [0.15, 0.2) is 5.65 Å². The Morgan fingerprint density at radius 2 is 1.84 bits per heavy atom. The van der Waals surface area contributed by atoms with Gasteiger partial charge in [0.25, 0.3) is 0 Å². The van der Waals surface area contributed by atoms with Crippen LogP contribution >= 0.6 is 0 Å². The highest BCUT2D eigenvalue weighted by atomic mass is 15.5. The highest BCUT2D eigenvalue weighted by molar-refractivity contribution is 5.56. The monoisotopic (exact) mass is 432 g/mol. The molecule has 0 amide bonds. The Hall–Kier alpha value is -3.50. The van der Waals surface area contributed by atoms with Gasteiger partial charge in [-0.15, -0.1) is 0 Å². The number of rotatable bonds is 6. The maximum Gasteiger partial charge on any atom is 0.230 e. The largest absolute Gasteiger partial charge is 0.350 e. The Morgan fingerprint density at radius 1 is 1.03 bits per heavy atom. The number of fused-ring (bicyclic) bond motifs is 1. The van der Waals surface area contributed by atoms with Gasteiger partial charge in [0, 0.05) is 50.7 Å². The fourth-order valence-corrected chi connectivity index (χ4v) is 3.94. The topological polar surface area (TPSA) is 105 Å². The Balaban J connectivity index is 1.50. The molecule has 1 saturated heterocycles. The van der Waals surface area contributed by atoms with Crippen LogP contribution in [0.1, 0.15) is 30.9 Å². The third kappa shape index (κ3) is 3.90. The quantitative estimate of drug-likeness (QED) is 0.446. The predicted molar refractivity (Wildman–Crippen MR) is 124 cm³/mol. The molecule has 0 saturated carbocycles. The minimum absolute atomic E-state index is 0.310. The molecule has 0 atom stereocenters. The molecule has 0 unspecified atom stereocenters. The van der Waals surface area contributed by atoms with Gasteiger partial charge in [-0.1, -0.05) is 32.0 Å². The van der Waals surface area contributed by atoms with Crippen molar-refractivity contribution in [2.45, 2.75) is 26.3 Å². The third-order valence-corrected chi connectivity index (χ3v) is 5.78. The molecule has 0 bridgehead atoms. The van der Waals surface area contributed by atoms with Crippen molar-refractivity contribution < 1.29 is 0 Å². The van der Waals surface area contributed by atoms with Gasteiger partial charge in [0.1, 0.15) is 0 Å². The van der Waals surface area contributed by atoms with Crippen LogP contribution in [-0.2, 0) is 6.54 Å². The van der Waals surface area contributed by atoms with Crippen molar-refractivity contribution in [3.63, 3.8) is 0 Å². The summed E-state index contributed by atoms with van der Waals surface area (Å²) in [6, 6.07) is 10.1. The van der Waals surface area contributed by atoms with Gasteiger partial charge < -0.3 is 10.2 Å². The number of para-hydroxylation sites is 1. The molecule has 1 aromatic carbocycles. The van der Waals surface area contributed by atoms with E-state index in [0.29, 0.717) is 24.4 Å². The van der Waals surface area contributed by atoms with Crippen molar-refractivity contribution >= 4 is 17.5 Å². The smallest absolute Gasteiger partial charge is 0.230 e. The molecule has 32 heavy (non-hydrogen) atoms. The van der Waals surface area contributed by atoms with Crippen molar-refractivity contribution in [3.05, 3.63) is 60.0 Å². The standard InChI is InChI=1S/C22H28N10/c1-16(2)18-15-26-32-20(18)27-22(29-10-12-30(23)13-11-29)28-21(32)24-14-17-6-3-4-7-19(17)31-9-5-8-25-31/h3-9,15-16H,10-14,23H2,1-2H3,(H,24,27,28). The fraction of sp³-hybridized carbons (Fsp3) is 0.364. The van der Waals surface area contributed by atoms with Gasteiger partial charge in [-0.25, -0.2) is 9.69 Å². The number of nitrogens with two attached hydrogens (primary N) is 1. The predicted octanol–water partition coefficient (Wildman–Crippen LogP) is 2.04. The zero-order valence-electron chi connectivity index (χ0n) is 18.4. The molecule has 166 valence electrons. The fourth-order valence-electron chi connectivity index (χ4n) is 3.94. The first-order chi connectivity index (χ1) is 15.6. The van der Waals surface area contributed by atoms with Crippen LogP contribution < -0.4 is 16.1 Å². The molecule has 10 heteroatoms. The zero-order valence-corrected chi connectivity index (χ0v) is 18.4. The van der Waals surface area contributed by atoms with E-state index in [1.165, 1.54) is 0 Å². The normalized spacial score (nSPS) is 15.1. The van der Waals surface area contributed by atoms with E-state index in [4.69, 9.17) is 15.8 Å². The van der Waals surface area contributed by atoms with Crippen LogP contribution in [0, 0.1) is 0 Å². The lowest BCUT2D eigenvalue weighted by Crippen LogP contribution is -2.50. The van der Waals surface area contributed by atoms with Crippen molar-refractivity contribution in [1.82, 2.24) is 34.4 Å². The van der Waals surface area contributed by atoms with Crippen LogP contribution in [0.15, 0.2) is 48.9 Å². The van der Waals surface area contributed by atoms with Gasteiger partial charge in [0.2, 0.25) is 11.9 Å². The zero-order chi connectivity index (χ0) is 22.1. The summed E-state index contributed by atoms with van der Waals surface area (Å²) < 4.78 is 3.67. The van der Waals surface area contributed by atoms with Crippen LogP contribution in [0.3, 0.4) is 0 Å². The number of hydrazine groups is 1. The molecule has 4 heterocycles. The van der Waals surface area contributed by atoms with E-state index in [1.54, 1.807) is 10.7 Å². The average molecular weight is 433 g/mol. The van der Waals surface area contributed by atoms with Crippen molar-refractivity contribution in [1.29, 1.82) is 0 Å². The SMILES string of the molecule is CC(C)c1cnn2c(NCc3ccccc3-n3cccn3)nc(N3CCN(N)CC3)nc12. The Morgan fingerprint density at radius 3 is 2.59 bits per heavy atom. The highest BCUT2D eigenvalue weighted by Crippen LogP contribution is 2.24. The summed E-state index contributed by atoms with van der Waals surface area (Å²) >= 11 is 0. The van der Waals surface area contributed by atoms with Crippen LogP contribution in [0.2, 0.25) is 0 Å². The van der Waals surface area contributed by atoms with Gasteiger partial charge in [-0.3, -0.25) is 5.84 Å². The Labute approximate surface area is 186 Å². The summed E-state index contributed by atoms with van der Waals surface area (Å²) in [6.07, 6.45) is 5.61. The molecule has 1 aliphatic rings. The summed E-state index contributed by atoms with van der Waals surface area (Å²) in [7, 11) is 0. The van der Waals surface area contributed by atoms with Crippen LogP contribution in [-0.4, -0.2) is 60.6 Å². The molecular weight excluding hydrogens is 404 g/mol. The summed E-state index contributed by atoms with van der Waals surface area (Å²) in [5.41, 5.74) is 4.07. The lowest BCUT2D eigenvalue weighted by atomic mass is 10.1. The number of nitrogens with zero attached hydrogens (tertiary/aromatic N) is 8. The van der Waals surface area contributed by atoms with E-state index in [-0.39, 0.29) is 0 Å². The second-order valence-electron chi connectivity index (χ2n) is 8.29. The summed E-state index contributed by atoms with van der Waals surface area (Å²) in [5.74, 6) is 7.62. The van der Waals surface area contributed by atoms with Crippen molar-refractivity contribution in [2.24, 2.45) is 5.84 Å². The molecule has 4 aromatic rings. The number of piperazine rings is 1. The summed E-state index contributed by atoms with van der Waals surface area (Å²) in [4.78, 5) is 11.9. The average Bonchev–Trinajstić information content (AvgIpc) is 3.48. The second kappa shape index (κ2) is 8.56. The van der Waals surface area contributed by atoms with E-state index < -0.39 is 0 Å². The lowest BCUT2D eigenvalue weighted by Gasteiger charge is -2.32. The molecule has 0 spiro atoms. The van der Waals surface area contributed by atoms with E-state index in [9.17, 15) is 0 Å². The molecule has 5 rings (SSSR count). The van der Waals surface area contributed by atoms with Crippen LogP contribution in [0.25, 0.3) is 11.3 Å². The number of hydrogen-bond donors (Lipinski definition) is 2. The first kappa shape index (κ1) is 20.4. The van der Waals surface area contributed by atoms with Gasteiger partial charge >= 0.3 is 0 Å². The lowest BCUT2D eigenvalue weighted by molar-refractivity contribution is 0.265. The molecule has 0 radical (unpaired) electrons. The Kier molecular flexibility index (Phi) is 5.46. The maximum atomic E-state index is 5.94. The van der Waals surface area contributed by atoms with E-state index in [2.05, 4.69) is 46.4 Å². The third-order valence-electron chi connectivity index (χ3n) is 5.78. The highest BCUT2D eigenvalue weighted by Gasteiger charge is 2.21. The first-order valence-corrected chi connectivity index (χ1v) is 10.9. The second-order valence-corrected chi connectivity index (χ2v) is 8.29. The molecule has 3 aromatic heterocycles. The van der Waals surface area contributed by atoms with Crippen molar-refractivity contribution in [2.75, 3.05) is 36.4 Å². The number of nitrogens with one attached hydrogen (secondary N) is 1. The summed E-state index contributed by atoms with van der Waals surface area (Å²) in [6.45, 7) is 8.03. The van der Waals surface area contributed by atoms with Crippen LogP contribution in [0.4, 0.5) is 11.9 Å². The number of anilines is 2. The van der Waals surface area contributed by atoms with Gasteiger partial charge in [0.05, 0.1) is 11.9 Å².